The monoisotopic (exact) mass is 277 g/mol. The third-order valence-electron chi connectivity index (χ3n) is 8.01. The van der Waals surface area contributed by atoms with Crippen LogP contribution in [0.3, 0.4) is 0 Å². The molecule has 0 amide bonds. The molecule has 3 saturated carbocycles. The Bertz CT molecular complexity index is 397. The van der Waals surface area contributed by atoms with Crippen LogP contribution in [0.5, 0.6) is 0 Å². The zero-order chi connectivity index (χ0) is 14.0. The number of aliphatic hydroxyl groups excluding tert-OH is 1. The van der Waals surface area contributed by atoms with Gasteiger partial charge in [-0.2, -0.15) is 0 Å². The van der Waals surface area contributed by atoms with E-state index in [4.69, 9.17) is 0 Å². The highest BCUT2D eigenvalue weighted by Crippen LogP contribution is 2.62. The van der Waals surface area contributed by atoms with E-state index in [9.17, 15) is 5.11 Å². The normalized spacial score (nSPS) is 58.6. The molecule has 0 bridgehead atoms. The summed E-state index contributed by atoms with van der Waals surface area (Å²) >= 11 is 0. The quantitative estimate of drug-likeness (QED) is 0.712. The van der Waals surface area contributed by atoms with Crippen molar-refractivity contribution in [2.75, 3.05) is 6.54 Å². The highest BCUT2D eigenvalue weighted by atomic mass is 16.3. The first kappa shape index (κ1) is 13.6. The third-order valence-corrected chi connectivity index (χ3v) is 8.01. The highest BCUT2D eigenvalue weighted by molar-refractivity contribution is 5.10. The van der Waals surface area contributed by atoms with Gasteiger partial charge in [-0.15, -0.1) is 0 Å². The lowest BCUT2D eigenvalue weighted by Gasteiger charge is -2.60. The molecule has 2 heteroatoms. The SMILES string of the molecule is C[C@]12CC[C@H](O)C[C@@H]1CC[C@@H]1[C@@H]2CC[C@@]2(C)NCC[C@@H]12. The van der Waals surface area contributed by atoms with Crippen LogP contribution in [0.15, 0.2) is 0 Å². The second kappa shape index (κ2) is 4.46. The van der Waals surface area contributed by atoms with Crippen LogP contribution >= 0.6 is 0 Å². The Morgan fingerprint density at radius 1 is 0.950 bits per heavy atom. The number of hydrogen-bond acceptors (Lipinski definition) is 2. The van der Waals surface area contributed by atoms with Crippen LogP contribution in [0.2, 0.25) is 0 Å². The summed E-state index contributed by atoms with van der Waals surface area (Å²) < 4.78 is 0. The van der Waals surface area contributed by atoms with Gasteiger partial charge in [0.15, 0.2) is 0 Å². The van der Waals surface area contributed by atoms with Crippen molar-refractivity contribution in [2.24, 2.45) is 29.1 Å². The summed E-state index contributed by atoms with van der Waals surface area (Å²) in [6, 6.07) is 0. The zero-order valence-electron chi connectivity index (χ0n) is 13.2. The lowest BCUT2D eigenvalue weighted by Crippen LogP contribution is -2.57. The number of aliphatic hydroxyl groups is 1. The second-order valence-electron chi connectivity index (χ2n) is 8.76. The van der Waals surface area contributed by atoms with Gasteiger partial charge in [-0.3, -0.25) is 0 Å². The Kier molecular flexibility index (Phi) is 3.03. The van der Waals surface area contributed by atoms with Crippen molar-refractivity contribution in [3.05, 3.63) is 0 Å². The molecule has 4 rings (SSSR count). The summed E-state index contributed by atoms with van der Waals surface area (Å²) in [6.45, 7) is 6.30. The van der Waals surface area contributed by atoms with Gasteiger partial charge < -0.3 is 10.4 Å². The Morgan fingerprint density at radius 2 is 1.80 bits per heavy atom. The van der Waals surface area contributed by atoms with Gasteiger partial charge >= 0.3 is 0 Å². The van der Waals surface area contributed by atoms with E-state index in [0.29, 0.717) is 11.0 Å². The standard InChI is InChI=1S/C18H31NO/c1-17-8-5-13(20)11-12(17)3-4-14-15(17)6-9-18(2)16(14)7-10-19-18/h12-16,19-20H,3-11H2,1-2H3/t12-,13-,14+,15-,16-,17-,18+/m0/s1. The minimum absolute atomic E-state index is 0.00775. The van der Waals surface area contributed by atoms with E-state index in [1.807, 2.05) is 0 Å². The molecule has 0 spiro atoms. The number of fused-ring (bicyclic) bond motifs is 5. The van der Waals surface area contributed by atoms with Crippen LogP contribution in [-0.2, 0) is 0 Å². The minimum Gasteiger partial charge on any atom is -0.393 e. The Balaban J connectivity index is 1.62. The molecule has 0 radical (unpaired) electrons. The van der Waals surface area contributed by atoms with Crippen molar-refractivity contribution >= 4 is 0 Å². The predicted octanol–water partition coefficient (Wildman–Crippen LogP) is 3.34. The molecule has 3 aliphatic carbocycles. The maximum atomic E-state index is 10.0. The molecule has 1 aliphatic heterocycles. The minimum atomic E-state index is -0.00775. The predicted molar refractivity (Wildman–Crippen MR) is 81.4 cm³/mol. The highest BCUT2D eigenvalue weighted by Gasteiger charge is 2.57. The topological polar surface area (TPSA) is 32.3 Å². The molecule has 2 N–H and O–H groups in total. The maximum absolute atomic E-state index is 10.0. The van der Waals surface area contributed by atoms with Crippen molar-refractivity contribution in [2.45, 2.75) is 76.9 Å². The van der Waals surface area contributed by atoms with Crippen LogP contribution < -0.4 is 5.32 Å². The van der Waals surface area contributed by atoms with Crippen LogP contribution in [0, 0.1) is 29.1 Å². The van der Waals surface area contributed by atoms with E-state index in [1.165, 1.54) is 45.1 Å². The largest absolute Gasteiger partial charge is 0.393 e. The smallest absolute Gasteiger partial charge is 0.0543 e. The Hall–Kier alpha value is -0.0800. The van der Waals surface area contributed by atoms with Crippen molar-refractivity contribution in [1.29, 1.82) is 0 Å². The summed E-state index contributed by atoms with van der Waals surface area (Å²) in [4.78, 5) is 0. The molecule has 1 heterocycles. The molecule has 0 aromatic heterocycles. The molecule has 0 unspecified atom stereocenters. The zero-order valence-corrected chi connectivity index (χ0v) is 13.2. The van der Waals surface area contributed by atoms with Crippen molar-refractivity contribution in [3.8, 4) is 0 Å². The van der Waals surface area contributed by atoms with E-state index < -0.39 is 0 Å². The summed E-state index contributed by atoms with van der Waals surface area (Å²) in [5.41, 5.74) is 0.977. The first-order valence-electron chi connectivity index (χ1n) is 8.96. The third kappa shape index (κ3) is 1.76. The average molecular weight is 277 g/mol. The number of rotatable bonds is 0. The van der Waals surface area contributed by atoms with Gasteiger partial charge in [0.05, 0.1) is 6.10 Å². The van der Waals surface area contributed by atoms with Crippen molar-refractivity contribution in [3.63, 3.8) is 0 Å². The first-order valence-corrected chi connectivity index (χ1v) is 8.96. The van der Waals surface area contributed by atoms with Crippen LogP contribution in [0.25, 0.3) is 0 Å². The molecule has 0 aromatic rings. The Labute approximate surface area is 123 Å². The van der Waals surface area contributed by atoms with Crippen LogP contribution in [-0.4, -0.2) is 23.3 Å². The lowest BCUT2D eigenvalue weighted by atomic mass is 9.46. The van der Waals surface area contributed by atoms with Crippen LogP contribution in [0.4, 0.5) is 0 Å². The van der Waals surface area contributed by atoms with Gasteiger partial charge in [0, 0.05) is 5.54 Å². The molecule has 4 aliphatic rings. The molecule has 20 heavy (non-hydrogen) atoms. The fourth-order valence-corrected chi connectivity index (χ4v) is 6.82. The van der Waals surface area contributed by atoms with Crippen molar-refractivity contribution < 1.29 is 5.11 Å². The van der Waals surface area contributed by atoms with E-state index in [0.717, 1.165) is 36.5 Å². The second-order valence-corrected chi connectivity index (χ2v) is 8.76. The maximum Gasteiger partial charge on any atom is 0.0543 e. The summed E-state index contributed by atoms with van der Waals surface area (Å²) in [6.07, 6.45) is 10.4. The Morgan fingerprint density at radius 3 is 2.65 bits per heavy atom. The van der Waals surface area contributed by atoms with E-state index >= 15 is 0 Å². The lowest BCUT2D eigenvalue weighted by molar-refractivity contribution is -0.110. The summed E-state index contributed by atoms with van der Waals surface area (Å²) in [5, 5.41) is 13.9. The number of hydrogen-bond donors (Lipinski definition) is 2. The van der Waals surface area contributed by atoms with Gasteiger partial charge in [0.2, 0.25) is 0 Å². The average Bonchev–Trinajstić information content (AvgIpc) is 2.81. The fourth-order valence-electron chi connectivity index (χ4n) is 6.82. The first-order chi connectivity index (χ1) is 9.53. The molecule has 4 fully saturated rings. The van der Waals surface area contributed by atoms with E-state index in [1.54, 1.807) is 0 Å². The molecule has 7 atom stereocenters. The van der Waals surface area contributed by atoms with E-state index in [2.05, 4.69) is 19.2 Å². The van der Waals surface area contributed by atoms with E-state index in [-0.39, 0.29) is 6.10 Å². The molecule has 0 aromatic carbocycles. The molecule has 1 saturated heterocycles. The van der Waals surface area contributed by atoms with Gasteiger partial charge in [-0.25, -0.2) is 0 Å². The van der Waals surface area contributed by atoms with Gasteiger partial charge in [-0.1, -0.05) is 6.92 Å². The van der Waals surface area contributed by atoms with Gasteiger partial charge in [0.1, 0.15) is 0 Å². The van der Waals surface area contributed by atoms with Crippen LogP contribution in [0.1, 0.15) is 65.2 Å². The van der Waals surface area contributed by atoms with Gasteiger partial charge in [-0.05, 0) is 93.9 Å². The van der Waals surface area contributed by atoms with Crippen molar-refractivity contribution in [1.82, 2.24) is 5.32 Å². The summed E-state index contributed by atoms with van der Waals surface area (Å²) in [5.74, 6) is 3.61. The fraction of sp³-hybridized carbons (Fsp3) is 1.00. The van der Waals surface area contributed by atoms with Gasteiger partial charge in [0.25, 0.3) is 0 Å². The molecule has 114 valence electrons. The summed E-state index contributed by atoms with van der Waals surface area (Å²) in [7, 11) is 0. The molecule has 2 nitrogen and oxygen atoms in total. The number of nitrogens with one attached hydrogen (secondary N) is 1. The molecular formula is C18H31NO. The molecular weight excluding hydrogens is 246 g/mol.